The minimum Gasteiger partial charge on any atom is -0.291 e. The van der Waals surface area contributed by atoms with Crippen LogP contribution in [-0.4, -0.2) is 25.4 Å². The summed E-state index contributed by atoms with van der Waals surface area (Å²) in [6.45, 7) is 0. The van der Waals surface area contributed by atoms with Crippen molar-refractivity contribution in [3.63, 3.8) is 0 Å². The van der Waals surface area contributed by atoms with Crippen molar-refractivity contribution in [3.05, 3.63) is 78.6 Å². The van der Waals surface area contributed by atoms with E-state index in [2.05, 4.69) is 20.3 Å². The number of carbonyl (C=O) groups excluding carboxylic acids is 1. The molecule has 0 radical (unpaired) electrons. The van der Waals surface area contributed by atoms with Crippen LogP contribution in [0.2, 0.25) is 0 Å². The van der Waals surface area contributed by atoms with E-state index in [1.807, 2.05) is 42.5 Å². The number of imidazole rings is 1. The number of hydrogen-bond acceptors (Lipinski definition) is 4. The first-order valence-corrected chi connectivity index (χ1v) is 7.44. The van der Waals surface area contributed by atoms with E-state index in [4.69, 9.17) is 0 Å². The van der Waals surface area contributed by atoms with Gasteiger partial charge >= 0.3 is 0 Å². The van der Waals surface area contributed by atoms with Crippen molar-refractivity contribution in [1.82, 2.24) is 19.5 Å². The molecule has 0 atom stereocenters. The molecule has 2 aromatic heterocycles. The van der Waals surface area contributed by atoms with E-state index in [9.17, 15) is 4.79 Å². The van der Waals surface area contributed by atoms with Crippen LogP contribution in [-0.2, 0) is 0 Å². The number of nitrogens with zero attached hydrogens (tertiary/aromatic N) is 4. The third kappa shape index (κ3) is 2.50. The topological polar surface area (TPSA) is 72.7 Å². The van der Waals surface area contributed by atoms with Gasteiger partial charge in [-0.05, 0) is 30.3 Å². The van der Waals surface area contributed by atoms with Gasteiger partial charge in [0.2, 0.25) is 11.9 Å². The molecule has 0 aliphatic heterocycles. The monoisotopic (exact) mass is 315 g/mol. The normalized spacial score (nSPS) is 10.7. The van der Waals surface area contributed by atoms with Gasteiger partial charge in [-0.3, -0.25) is 10.1 Å². The van der Waals surface area contributed by atoms with Crippen molar-refractivity contribution in [3.8, 4) is 5.95 Å². The average Bonchev–Trinajstić information content (AvgIpc) is 3.01. The zero-order valence-electron chi connectivity index (χ0n) is 12.6. The maximum Gasteiger partial charge on any atom is 0.257 e. The lowest BCUT2D eigenvalue weighted by Crippen LogP contribution is -2.16. The van der Waals surface area contributed by atoms with Crippen LogP contribution in [0.4, 0.5) is 5.95 Å². The lowest BCUT2D eigenvalue weighted by atomic mass is 10.2. The number of rotatable bonds is 3. The second-order valence-electron chi connectivity index (χ2n) is 5.13. The molecule has 4 rings (SSSR count). The molecule has 1 amide bonds. The fourth-order valence-corrected chi connectivity index (χ4v) is 2.48. The minimum absolute atomic E-state index is 0.233. The van der Waals surface area contributed by atoms with Gasteiger partial charge in [-0.25, -0.2) is 19.5 Å². The van der Waals surface area contributed by atoms with Crippen LogP contribution in [0.5, 0.6) is 0 Å². The van der Waals surface area contributed by atoms with Gasteiger partial charge in [-0.15, -0.1) is 0 Å². The first-order chi connectivity index (χ1) is 11.8. The SMILES string of the molecule is O=C(Nc1nc2ccccc2n1-c1ncccn1)c1ccccc1. The van der Waals surface area contributed by atoms with Crippen molar-refractivity contribution in [2.24, 2.45) is 0 Å². The molecule has 6 heteroatoms. The molecular weight excluding hydrogens is 302 g/mol. The van der Waals surface area contributed by atoms with Gasteiger partial charge in [0, 0.05) is 18.0 Å². The average molecular weight is 315 g/mol. The molecule has 0 saturated carbocycles. The van der Waals surface area contributed by atoms with E-state index in [0.29, 0.717) is 17.5 Å². The highest BCUT2D eigenvalue weighted by molar-refractivity contribution is 6.04. The maximum absolute atomic E-state index is 12.5. The van der Waals surface area contributed by atoms with Crippen LogP contribution in [0.1, 0.15) is 10.4 Å². The van der Waals surface area contributed by atoms with E-state index in [1.54, 1.807) is 35.2 Å². The van der Waals surface area contributed by atoms with Gasteiger partial charge in [0.25, 0.3) is 5.91 Å². The number of carbonyl (C=O) groups is 1. The van der Waals surface area contributed by atoms with E-state index in [1.165, 1.54) is 0 Å². The Labute approximate surface area is 137 Å². The Hall–Kier alpha value is -3.54. The van der Waals surface area contributed by atoms with Crippen LogP contribution >= 0.6 is 0 Å². The number of aromatic nitrogens is 4. The molecule has 0 saturated heterocycles. The first-order valence-electron chi connectivity index (χ1n) is 7.44. The standard InChI is InChI=1S/C18H13N5O/c24-16(13-7-2-1-3-8-13)22-18-21-14-9-4-5-10-15(14)23(18)17-19-11-6-12-20-17/h1-12H,(H,21,22,24). The Balaban J connectivity index is 1.82. The molecule has 0 unspecified atom stereocenters. The second kappa shape index (κ2) is 5.92. The zero-order valence-corrected chi connectivity index (χ0v) is 12.6. The van der Waals surface area contributed by atoms with Gasteiger partial charge in [0.15, 0.2) is 0 Å². The summed E-state index contributed by atoms with van der Waals surface area (Å²) in [6, 6.07) is 18.3. The van der Waals surface area contributed by atoms with E-state index in [0.717, 1.165) is 11.0 Å². The summed E-state index contributed by atoms with van der Waals surface area (Å²) in [4.78, 5) is 25.5. The van der Waals surface area contributed by atoms with Gasteiger partial charge < -0.3 is 0 Å². The molecule has 0 spiro atoms. The predicted molar refractivity (Wildman–Crippen MR) is 91.1 cm³/mol. The van der Waals surface area contributed by atoms with Crippen molar-refractivity contribution in [2.45, 2.75) is 0 Å². The number of nitrogens with one attached hydrogen (secondary N) is 1. The van der Waals surface area contributed by atoms with Crippen molar-refractivity contribution < 1.29 is 4.79 Å². The Morgan fingerprint density at radius 2 is 1.58 bits per heavy atom. The van der Waals surface area contributed by atoms with Crippen LogP contribution in [0.3, 0.4) is 0 Å². The smallest absolute Gasteiger partial charge is 0.257 e. The highest BCUT2D eigenvalue weighted by Gasteiger charge is 2.16. The predicted octanol–water partition coefficient (Wildman–Crippen LogP) is 3.07. The van der Waals surface area contributed by atoms with Crippen LogP contribution in [0.15, 0.2) is 73.1 Å². The number of benzene rings is 2. The quantitative estimate of drug-likeness (QED) is 0.630. The first kappa shape index (κ1) is 14.1. The molecule has 2 heterocycles. The van der Waals surface area contributed by atoms with Crippen molar-refractivity contribution in [1.29, 1.82) is 0 Å². The fourth-order valence-electron chi connectivity index (χ4n) is 2.48. The lowest BCUT2D eigenvalue weighted by Gasteiger charge is -2.08. The van der Waals surface area contributed by atoms with Gasteiger partial charge in [-0.1, -0.05) is 30.3 Å². The molecule has 0 fully saturated rings. The second-order valence-corrected chi connectivity index (χ2v) is 5.13. The van der Waals surface area contributed by atoms with Crippen LogP contribution in [0, 0.1) is 0 Å². The Kier molecular flexibility index (Phi) is 3.47. The Morgan fingerprint density at radius 3 is 2.38 bits per heavy atom. The highest BCUT2D eigenvalue weighted by atomic mass is 16.1. The van der Waals surface area contributed by atoms with Crippen LogP contribution in [0.25, 0.3) is 17.0 Å². The Bertz CT molecular complexity index is 996. The van der Waals surface area contributed by atoms with Gasteiger partial charge in [0.1, 0.15) is 0 Å². The molecular formula is C18H13N5O. The molecule has 4 aromatic rings. The Morgan fingerprint density at radius 1 is 0.875 bits per heavy atom. The minimum atomic E-state index is -0.233. The van der Waals surface area contributed by atoms with Crippen LogP contribution < -0.4 is 5.32 Å². The number of amides is 1. The number of para-hydroxylation sites is 2. The summed E-state index contributed by atoms with van der Waals surface area (Å²) >= 11 is 0. The molecule has 0 aliphatic carbocycles. The molecule has 2 aromatic carbocycles. The third-order valence-corrected chi connectivity index (χ3v) is 3.57. The number of anilines is 1. The summed E-state index contributed by atoms with van der Waals surface area (Å²) in [6.07, 6.45) is 3.31. The molecule has 116 valence electrons. The lowest BCUT2D eigenvalue weighted by molar-refractivity contribution is 0.102. The van der Waals surface area contributed by atoms with Crippen molar-refractivity contribution >= 4 is 22.9 Å². The summed E-state index contributed by atoms with van der Waals surface area (Å²) in [7, 11) is 0. The molecule has 0 aliphatic rings. The van der Waals surface area contributed by atoms with E-state index >= 15 is 0 Å². The van der Waals surface area contributed by atoms with E-state index in [-0.39, 0.29) is 5.91 Å². The number of fused-ring (bicyclic) bond motifs is 1. The molecule has 24 heavy (non-hydrogen) atoms. The van der Waals surface area contributed by atoms with Gasteiger partial charge in [-0.2, -0.15) is 0 Å². The summed E-state index contributed by atoms with van der Waals surface area (Å²) in [5, 5.41) is 2.85. The zero-order chi connectivity index (χ0) is 16.4. The summed E-state index contributed by atoms with van der Waals surface area (Å²) in [5.41, 5.74) is 2.14. The maximum atomic E-state index is 12.5. The number of hydrogen-bond donors (Lipinski definition) is 1. The summed E-state index contributed by atoms with van der Waals surface area (Å²) in [5.74, 6) is 0.605. The molecule has 6 nitrogen and oxygen atoms in total. The van der Waals surface area contributed by atoms with Crippen molar-refractivity contribution in [2.75, 3.05) is 5.32 Å². The van der Waals surface area contributed by atoms with E-state index < -0.39 is 0 Å². The highest BCUT2D eigenvalue weighted by Crippen LogP contribution is 2.22. The molecule has 0 bridgehead atoms. The molecule has 1 N–H and O–H groups in total. The van der Waals surface area contributed by atoms with Gasteiger partial charge in [0.05, 0.1) is 11.0 Å². The summed E-state index contributed by atoms with van der Waals surface area (Å²) < 4.78 is 1.73. The largest absolute Gasteiger partial charge is 0.291 e. The third-order valence-electron chi connectivity index (χ3n) is 3.57. The fraction of sp³-hybridized carbons (Fsp3) is 0.